The molecule has 1 saturated carbocycles. The van der Waals surface area contributed by atoms with Crippen molar-refractivity contribution in [1.82, 2.24) is 4.98 Å². The molecule has 4 rings (SSSR count). The molecule has 1 fully saturated rings. The minimum Gasteiger partial charge on any atom is -0.478 e. The summed E-state index contributed by atoms with van der Waals surface area (Å²) in [5.74, 6) is 1.27. The highest BCUT2D eigenvalue weighted by Gasteiger charge is 2.37. The van der Waals surface area contributed by atoms with E-state index < -0.39 is 5.41 Å². The number of ether oxygens (including phenoxy) is 2. The van der Waals surface area contributed by atoms with Crippen LogP contribution in [0.3, 0.4) is 0 Å². The summed E-state index contributed by atoms with van der Waals surface area (Å²) >= 11 is 0. The van der Waals surface area contributed by atoms with Crippen LogP contribution < -0.4 is 10.4 Å². The molecule has 1 aliphatic carbocycles. The Morgan fingerprint density at radius 3 is 2.36 bits per heavy atom. The Hall–Kier alpha value is -3.15. The lowest BCUT2D eigenvalue weighted by molar-refractivity contribution is -0.157. The Kier molecular flexibility index (Phi) is 10.5. The third kappa shape index (κ3) is 8.92. The van der Waals surface area contributed by atoms with Crippen molar-refractivity contribution in [3.8, 4) is 17.0 Å². The summed E-state index contributed by atoms with van der Waals surface area (Å²) in [5, 5.41) is 0.780. The van der Waals surface area contributed by atoms with E-state index in [1.165, 1.54) is 18.4 Å². The number of rotatable bonds is 15. The highest BCUT2D eigenvalue weighted by atomic mass is 16.5. The molecule has 2 aromatic heterocycles. The van der Waals surface area contributed by atoms with E-state index in [-0.39, 0.29) is 22.9 Å². The number of pyridine rings is 1. The summed E-state index contributed by atoms with van der Waals surface area (Å²) in [6, 6.07) is 11.8. The normalized spacial score (nSPS) is 14.6. The molecule has 1 atom stereocenters. The molecule has 0 saturated heterocycles. The monoisotopic (exact) mass is 575 g/mol. The van der Waals surface area contributed by atoms with Crippen molar-refractivity contribution in [2.75, 3.05) is 13.2 Å². The SMILES string of the molecule is CC(CC(C)(C)C)C(C)(C)C(=O)OCCCCCCCCOc1cc2oc(=O)c(-c3cccc(C4CC4)c3)cc2cn1. The number of carbonyl (C=O) groups is 1. The third-order valence-corrected chi connectivity index (χ3v) is 8.54. The van der Waals surface area contributed by atoms with Gasteiger partial charge >= 0.3 is 11.6 Å². The lowest BCUT2D eigenvalue weighted by Crippen LogP contribution is -2.35. The molecule has 6 nitrogen and oxygen atoms in total. The molecule has 1 unspecified atom stereocenters. The van der Waals surface area contributed by atoms with Gasteiger partial charge in [0.25, 0.3) is 0 Å². The Balaban J connectivity index is 1.13. The zero-order valence-corrected chi connectivity index (χ0v) is 26.5. The van der Waals surface area contributed by atoms with E-state index in [1.807, 2.05) is 32.0 Å². The first-order chi connectivity index (χ1) is 19.9. The number of benzene rings is 1. The van der Waals surface area contributed by atoms with Gasteiger partial charge in [0.05, 0.1) is 24.2 Å². The van der Waals surface area contributed by atoms with Crippen molar-refractivity contribution in [2.24, 2.45) is 16.7 Å². The molecule has 0 radical (unpaired) electrons. The second kappa shape index (κ2) is 13.9. The Labute approximate surface area is 251 Å². The van der Waals surface area contributed by atoms with Gasteiger partial charge in [0, 0.05) is 17.6 Å². The lowest BCUT2D eigenvalue weighted by Gasteiger charge is -2.34. The van der Waals surface area contributed by atoms with Gasteiger partial charge in [-0.2, -0.15) is 0 Å². The van der Waals surface area contributed by atoms with Crippen molar-refractivity contribution < 1.29 is 18.7 Å². The first kappa shape index (κ1) is 31.8. The fraction of sp³-hybridized carbons (Fsp3) is 0.583. The van der Waals surface area contributed by atoms with Crippen molar-refractivity contribution in [1.29, 1.82) is 0 Å². The maximum Gasteiger partial charge on any atom is 0.344 e. The average molecular weight is 576 g/mol. The first-order valence-electron chi connectivity index (χ1n) is 15.8. The highest BCUT2D eigenvalue weighted by Crippen LogP contribution is 2.41. The molecular formula is C36H49NO5. The summed E-state index contributed by atoms with van der Waals surface area (Å²) in [4.78, 5) is 29.8. The second-order valence-electron chi connectivity index (χ2n) is 13.9. The number of nitrogens with zero attached hydrogens (tertiary/aromatic N) is 1. The summed E-state index contributed by atoms with van der Waals surface area (Å²) in [6.45, 7) is 13.8. The van der Waals surface area contributed by atoms with Crippen LogP contribution in [0.1, 0.15) is 111 Å². The van der Waals surface area contributed by atoms with E-state index >= 15 is 0 Å². The third-order valence-electron chi connectivity index (χ3n) is 8.54. The summed E-state index contributed by atoms with van der Waals surface area (Å²) in [6.07, 6.45) is 11.3. The summed E-state index contributed by atoms with van der Waals surface area (Å²) < 4.78 is 17.1. The zero-order chi connectivity index (χ0) is 30.3. The summed E-state index contributed by atoms with van der Waals surface area (Å²) in [5.41, 5.74) is 2.60. The van der Waals surface area contributed by atoms with Crippen LogP contribution in [0.25, 0.3) is 22.1 Å². The fourth-order valence-electron chi connectivity index (χ4n) is 5.47. The molecule has 2 heterocycles. The fourth-order valence-corrected chi connectivity index (χ4v) is 5.47. The van der Waals surface area contributed by atoms with Crippen molar-refractivity contribution in [2.45, 2.75) is 105 Å². The predicted octanol–water partition coefficient (Wildman–Crippen LogP) is 9.09. The van der Waals surface area contributed by atoms with Gasteiger partial charge < -0.3 is 13.9 Å². The Bertz CT molecular complexity index is 1400. The Morgan fingerprint density at radius 2 is 1.67 bits per heavy atom. The minimum atomic E-state index is -0.469. The van der Waals surface area contributed by atoms with E-state index in [1.54, 1.807) is 12.3 Å². The van der Waals surface area contributed by atoms with E-state index in [0.717, 1.165) is 55.9 Å². The molecule has 0 spiro atoms. The molecular weight excluding hydrogens is 526 g/mol. The van der Waals surface area contributed by atoms with Crippen molar-refractivity contribution >= 4 is 16.9 Å². The van der Waals surface area contributed by atoms with Gasteiger partial charge in [-0.1, -0.05) is 77.6 Å². The summed E-state index contributed by atoms with van der Waals surface area (Å²) in [7, 11) is 0. The van der Waals surface area contributed by atoms with Crippen LogP contribution in [-0.2, 0) is 9.53 Å². The quantitative estimate of drug-likeness (QED) is 0.133. The molecule has 0 bridgehead atoms. The van der Waals surface area contributed by atoms with Gasteiger partial charge in [-0.15, -0.1) is 0 Å². The number of hydrogen-bond donors (Lipinski definition) is 0. The Morgan fingerprint density at radius 1 is 0.976 bits per heavy atom. The standard InChI is InChI=1S/C36H49NO5/c1-25(23-35(2,3)4)36(5,6)34(39)41-19-12-10-8-7-9-11-18-40-32-22-31-29(24-37-32)21-30(33(38)42-31)28-15-13-14-27(20-28)26-16-17-26/h13-15,20-22,24-26H,7-12,16-19,23H2,1-6H3. The van der Waals surface area contributed by atoms with Gasteiger partial charge in [0.1, 0.15) is 5.58 Å². The van der Waals surface area contributed by atoms with Crippen LogP contribution >= 0.6 is 0 Å². The zero-order valence-electron chi connectivity index (χ0n) is 26.5. The van der Waals surface area contributed by atoms with E-state index in [0.29, 0.717) is 36.2 Å². The molecule has 1 aromatic carbocycles. The number of hydrogen-bond acceptors (Lipinski definition) is 6. The van der Waals surface area contributed by atoms with Gasteiger partial charge in [0.15, 0.2) is 0 Å². The van der Waals surface area contributed by atoms with Crippen molar-refractivity contribution in [3.63, 3.8) is 0 Å². The lowest BCUT2D eigenvalue weighted by atomic mass is 9.72. The predicted molar refractivity (Wildman–Crippen MR) is 169 cm³/mol. The van der Waals surface area contributed by atoms with Crippen LogP contribution in [-0.4, -0.2) is 24.2 Å². The van der Waals surface area contributed by atoms with Crippen LogP contribution in [0, 0.1) is 16.7 Å². The molecule has 3 aromatic rings. The van der Waals surface area contributed by atoms with Gasteiger partial charge in [-0.25, -0.2) is 9.78 Å². The van der Waals surface area contributed by atoms with Crippen LogP contribution in [0.2, 0.25) is 0 Å². The van der Waals surface area contributed by atoms with Crippen LogP contribution in [0.4, 0.5) is 0 Å². The second-order valence-corrected chi connectivity index (χ2v) is 13.9. The number of esters is 1. The maximum absolute atomic E-state index is 12.8. The van der Waals surface area contributed by atoms with Crippen LogP contribution in [0.5, 0.6) is 5.88 Å². The average Bonchev–Trinajstić information content (AvgIpc) is 3.78. The van der Waals surface area contributed by atoms with E-state index in [9.17, 15) is 9.59 Å². The molecule has 228 valence electrons. The molecule has 1 aliphatic rings. The molecule has 0 N–H and O–H groups in total. The van der Waals surface area contributed by atoms with E-state index in [2.05, 4.69) is 44.8 Å². The van der Waals surface area contributed by atoms with Gasteiger partial charge in [-0.3, -0.25) is 4.79 Å². The molecule has 0 aliphatic heterocycles. The number of unbranched alkanes of at least 4 members (excludes halogenated alkanes) is 5. The smallest absolute Gasteiger partial charge is 0.344 e. The minimum absolute atomic E-state index is 0.0860. The van der Waals surface area contributed by atoms with Crippen LogP contribution in [0.15, 0.2) is 51.8 Å². The number of fused-ring (bicyclic) bond motifs is 1. The maximum atomic E-state index is 12.8. The molecule has 42 heavy (non-hydrogen) atoms. The molecule has 0 amide bonds. The largest absolute Gasteiger partial charge is 0.478 e. The molecule has 6 heteroatoms. The van der Waals surface area contributed by atoms with Gasteiger partial charge in [0.2, 0.25) is 5.88 Å². The van der Waals surface area contributed by atoms with Crippen molar-refractivity contribution in [3.05, 3.63) is 58.6 Å². The van der Waals surface area contributed by atoms with E-state index in [4.69, 9.17) is 13.9 Å². The first-order valence-corrected chi connectivity index (χ1v) is 15.8. The number of aromatic nitrogens is 1. The highest BCUT2D eigenvalue weighted by molar-refractivity contribution is 5.81. The topological polar surface area (TPSA) is 78.6 Å². The number of carbonyl (C=O) groups excluding carboxylic acids is 1. The van der Waals surface area contributed by atoms with Gasteiger partial charge in [-0.05, 0) is 80.4 Å².